The first-order chi connectivity index (χ1) is 25.1. The maximum absolute atomic E-state index is 14.3. The van der Waals surface area contributed by atoms with E-state index in [0.717, 1.165) is 47.9 Å². The highest BCUT2D eigenvalue weighted by Gasteiger charge is 2.57. The third-order valence-electron chi connectivity index (χ3n) is 11.6. The lowest BCUT2D eigenvalue weighted by molar-refractivity contribution is -0.0923. The van der Waals surface area contributed by atoms with Gasteiger partial charge in [-0.05, 0) is 86.1 Å². The van der Waals surface area contributed by atoms with Gasteiger partial charge in [0.2, 0.25) is 0 Å². The Bertz CT molecular complexity index is 1780. The van der Waals surface area contributed by atoms with Gasteiger partial charge in [0, 0.05) is 36.2 Å². The van der Waals surface area contributed by atoms with E-state index in [1.165, 1.54) is 5.57 Å². The zero-order valence-corrected chi connectivity index (χ0v) is 30.8. The molecule has 274 valence electrons. The number of nitrogens with zero attached hydrogens (tertiary/aromatic N) is 1. The number of rotatable bonds is 12. The average Bonchev–Trinajstić information content (AvgIpc) is 3.40. The molecule has 7 rings (SSSR count). The topological polar surface area (TPSA) is 90.2 Å². The number of carbonyl (C=O) groups is 1. The number of benzene rings is 4. The molecule has 3 aliphatic rings. The highest BCUT2D eigenvalue weighted by Crippen LogP contribution is 2.59. The van der Waals surface area contributed by atoms with Crippen LogP contribution in [0.3, 0.4) is 0 Å². The molecular weight excluding hydrogens is 647 g/mol. The number of allylic oxidation sites excluding steroid dienone is 2. The molecule has 0 aliphatic heterocycles. The Morgan fingerprint density at radius 3 is 2.29 bits per heavy atom. The van der Waals surface area contributed by atoms with Crippen molar-refractivity contribution >= 4 is 5.78 Å². The molecule has 5 atom stereocenters. The zero-order valence-electron chi connectivity index (χ0n) is 30.8. The highest BCUT2D eigenvalue weighted by molar-refractivity contribution is 6.10. The van der Waals surface area contributed by atoms with Crippen molar-refractivity contribution in [3.63, 3.8) is 0 Å². The van der Waals surface area contributed by atoms with Crippen LogP contribution in [0.2, 0.25) is 0 Å². The number of fused-ring (bicyclic) bond motifs is 8. The van der Waals surface area contributed by atoms with Gasteiger partial charge < -0.3 is 20.1 Å². The van der Waals surface area contributed by atoms with Crippen LogP contribution < -0.4 is 0 Å². The van der Waals surface area contributed by atoms with Crippen LogP contribution in [0, 0.1) is 5.41 Å². The summed E-state index contributed by atoms with van der Waals surface area (Å²) in [5, 5.41) is 35.3. The van der Waals surface area contributed by atoms with Crippen LogP contribution in [0.5, 0.6) is 0 Å². The van der Waals surface area contributed by atoms with Gasteiger partial charge in [-0.3, -0.25) is 9.69 Å². The lowest BCUT2D eigenvalue weighted by Crippen LogP contribution is -2.53. The summed E-state index contributed by atoms with van der Waals surface area (Å²) in [5.41, 5.74) is 4.94. The number of aliphatic hydroxyl groups excluding tert-OH is 2. The number of ketones is 1. The Morgan fingerprint density at radius 1 is 0.904 bits per heavy atom. The molecule has 3 N–H and O–H groups in total. The van der Waals surface area contributed by atoms with Crippen LogP contribution in [0.25, 0.3) is 0 Å². The molecule has 0 aromatic heterocycles. The Labute approximate surface area is 309 Å². The molecule has 4 aromatic carbocycles. The van der Waals surface area contributed by atoms with Gasteiger partial charge in [0.25, 0.3) is 0 Å². The zero-order chi connectivity index (χ0) is 36.6. The van der Waals surface area contributed by atoms with E-state index in [1.54, 1.807) is 0 Å². The maximum Gasteiger partial charge on any atom is 0.193 e. The van der Waals surface area contributed by atoms with Gasteiger partial charge in [0.05, 0.1) is 31.0 Å². The minimum Gasteiger partial charge on any atom is -0.393 e. The number of carbonyl (C=O) groups excluding carboxylic acids is 1. The van der Waals surface area contributed by atoms with Crippen LogP contribution in [0.4, 0.5) is 0 Å². The summed E-state index contributed by atoms with van der Waals surface area (Å²) in [6.07, 6.45) is 5.80. The van der Waals surface area contributed by atoms with Crippen LogP contribution in [-0.2, 0) is 24.3 Å². The molecule has 3 aliphatic carbocycles. The molecule has 0 radical (unpaired) electrons. The predicted molar refractivity (Wildman–Crippen MR) is 207 cm³/mol. The Kier molecular flexibility index (Phi) is 12.6. The Morgan fingerprint density at radius 2 is 1.58 bits per heavy atom. The summed E-state index contributed by atoms with van der Waals surface area (Å²) in [6.45, 7) is 6.26. The van der Waals surface area contributed by atoms with E-state index in [4.69, 9.17) is 4.74 Å². The van der Waals surface area contributed by atoms with Crippen LogP contribution in [-0.4, -0.2) is 63.5 Å². The first kappa shape index (κ1) is 37.8. The van der Waals surface area contributed by atoms with E-state index < -0.39 is 23.2 Å². The second-order valence-corrected chi connectivity index (χ2v) is 15.5. The summed E-state index contributed by atoms with van der Waals surface area (Å²) in [7, 11) is 0. The van der Waals surface area contributed by atoms with Crippen molar-refractivity contribution in [2.24, 2.45) is 5.41 Å². The minimum atomic E-state index is -1.10. The molecule has 0 unspecified atom stereocenters. The van der Waals surface area contributed by atoms with Gasteiger partial charge in [0.1, 0.15) is 0 Å². The van der Waals surface area contributed by atoms with Crippen LogP contribution >= 0.6 is 0 Å². The summed E-state index contributed by atoms with van der Waals surface area (Å²) < 4.78 is 5.94. The summed E-state index contributed by atoms with van der Waals surface area (Å²) in [6, 6.07) is 35.8. The fourth-order valence-corrected chi connectivity index (χ4v) is 8.58. The monoisotopic (exact) mass is 701 g/mol. The molecule has 6 nitrogen and oxygen atoms in total. The molecule has 6 heteroatoms. The van der Waals surface area contributed by atoms with Gasteiger partial charge in [-0.25, -0.2) is 0 Å². The molecule has 0 saturated heterocycles. The van der Waals surface area contributed by atoms with Crippen molar-refractivity contribution in [2.75, 3.05) is 19.7 Å². The molecule has 4 aromatic rings. The van der Waals surface area contributed by atoms with E-state index in [-0.39, 0.29) is 18.3 Å². The normalized spacial score (nSPS) is 24.2. The summed E-state index contributed by atoms with van der Waals surface area (Å²) >= 11 is 0. The first-order valence-electron chi connectivity index (χ1n) is 19.0. The molecule has 1 saturated carbocycles. The number of hydrogen-bond donors (Lipinski definition) is 3. The van der Waals surface area contributed by atoms with Crippen LogP contribution in [0.1, 0.15) is 96.5 Å². The predicted octanol–water partition coefficient (Wildman–Crippen LogP) is 8.04. The second kappa shape index (κ2) is 17.3. The second-order valence-electron chi connectivity index (χ2n) is 15.5. The van der Waals surface area contributed by atoms with Gasteiger partial charge in [-0.2, -0.15) is 0 Å². The first-order valence-corrected chi connectivity index (χ1v) is 19.0. The van der Waals surface area contributed by atoms with Crippen molar-refractivity contribution in [1.29, 1.82) is 0 Å². The third kappa shape index (κ3) is 9.17. The van der Waals surface area contributed by atoms with Gasteiger partial charge in [-0.1, -0.05) is 122 Å². The van der Waals surface area contributed by atoms with Gasteiger partial charge >= 0.3 is 0 Å². The number of ether oxygens (including phenoxy) is 1. The van der Waals surface area contributed by atoms with E-state index in [9.17, 15) is 20.1 Å². The largest absolute Gasteiger partial charge is 0.393 e. The van der Waals surface area contributed by atoms with Crippen LogP contribution in [0.15, 0.2) is 121 Å². The lowest BCUT2D eigenvalue weighted by atomic mass is 9.64. The Balaban J connectivity index is 1.33. The molecule has 2 bridgehead atoms. The molecule has 0 amide bonds. The Hall–Kier alpha value is -3.91. The summed E-state index contributed by atoms with van der Waals surface area (Å²) in [4.78, 5) is 16.5. The third-order valence-corrected chi connectivity index (χ3v) is 11.6. The quantitative estimate of drug-likeness (QED) is 0.102. The minimum absolute atomic E-state index is 0.0307. The van der Waals surface area contributed by atoms with Crippen molar-refractivity contribution in [3.05, 3.63) is 154 Å². The number of aliphatic hydroxyl groups is 3. The van der Waals surface area contributed by atoms with Crippen molar-refractivity contribution < 1.29 is 24.9 Å². The summed E-state index contributed by atoms with van der Waals surface area (Å²) in [5.74, 6) is -0.106. The SMILES string of the molecule is CC1=CCC[C@@]2(C)[C@@H](CC[C@@]2(O)CN(Cc2ccccc2)C[C@@H](O)COCc2ccccc2)c2ccc(cc2C(=O)c2ccccc2)C[C@@H](O)CC1. The van der Waals surface area contributed by atoms with E-state index >= 15 is 0 Å². The van der Waals surface area contributed by atoms with Crippen molar-refractivity contribution in [1.82, 2.24) is 4.90 Å². The van der Waals surface area contributed by atoms with Crippen molar-refractivity contribution in [2.45, 2.75) is 95.7 Å². The fraction of sp³-hybridized carbons (Fsp3) is 0.413. The van der Waals surface area contributed by atoms with E-state index in [2.05, 4.69) is 49.1 Å². The van der Waals surface area contributed by atoms with Gasteiger partial charge in [0.15, 0.2) is 5.78 Å². The lowest BCUT2D eigenvalue weighted by Gasteiger charge is -2.46. The average molecular weight is 702 g/mol. The smallest absolute Gasteiger partial charge is 0.193 e. The van der Waals surface area contributed by atoms with E-state index in [0.29, 0.717) is 56.6 Å². The number of hydrogen-bond acceptors (Lipinski definition) is 6. The fourth-order valence-electron chi connectivity index (χ4n) is 8.58. The van der Waals surface area contributed by atoms with Crippen molar-refractivity contribution in [3.8, 4) is 0 Å². The highest BCUT2D eigenvalue weighted by atomic mass is 16.5. The molecule has 1 fully saturated rings. The standard InChI is InChI=1S/C46H55NO5/c1-34-13-12-25-45(2)43(41-23-21-37(27-39(48)22-20-34)28-42(41)44(50)38-18-10-5-11-19-38)24-26-46(45,51)33-47(29-35-14-6-3-7-15-35)30-40(49)32-52-31-36-16-8-4-9-17-36/h3-11,13-19,21,23,28,39-40,43,48-49,51H,12,20,22,24-27,29-33H2,1-2H3/t39-,40+,43-,45-,46+/m0/s1. The molecular formula is C46H55NO5. The van der Waals surface area contributed by atoms with Gasteiger partial charge in [-0.15, -0.1) is 0 Å². The molecule has 0 heterocycles. The van der Waals surface area contributed by atoms with E-state index in [1.807, 2.05) is 84.9 Å². The molecule has 52 heavy (non-hydrogen) atoms. The molecule has 0 spiro atoms. The maximum atomic E-state index is 14.3.